The van der Waals surface area contributed by atoms with E-state index in [1.807, 2.05) is 20.8 Å². The first-order valence-electron chi connectivity index (χ1n) is 9.44. The van der Waals surface area contributed by atoms with Crippen LogP contribution in [-0.2, 0) is 19.2 Å². The van der Waals surface area contributed by atoms with Crippen molar-refractivity contribution in [2.24, 2.45) is 17.6 Å². The fourth-order valence-electron chi connectivity index (χ4n) is 2.41. The Morgan fingerprint density at radius 2 is 1.50 bits per heavy atom. The second kappa shape index (κ2) is 12.3. The van der Waals surface area contributed by atoms with Gasteiger partial charge in [-0.05, 0) is 25.2 Å². The van der Waals surface area contributed by atoms with Crippen molar-refractivity contribution in [2.45, 2.75) is 71.6 Å². The Kier molecular flexibility index (Phi) is 11.3. The molecule has 0 rings (SSSR count). The highest BCUT2D eigenvalue weighted by Gasteiger charge is 2.31. The maximum atomic E-state index is 12.5. The van der Waals surface area contributed by atoms with Gasteiger partial charge in [-0.1, -0.05) is 34.1 Å². The zero-order chi connectivity index (χ0) is 22.0. The lowest BCUT2D eigenvalue weighted by atomic mass is 9.97. The summed E-state index contributed by atoms with van der Waals surface area (Å²) < 4.78 is 0. The average molecular weight is 402 g/mol. The number of nitrogens with two attached hydrogens (primary N) is 1. The van der Waals surface area contributed by atoms with Crippen molar-refractivity contribution in [2.75, 3.05) is 6.61 Å². The topological polar surface area (TPSA) is 171 Å². The van der Waals surface area contributed by atoms with Gasteiger partial charge < -0.3 is 31.9 Å². The van der Waals surface area contributed by atoms with Crippen LogP contribution in [0.2, 0.25) is 0 Å². The number of carboxylic acids is 1. The number of rotatable bonds is 12. The SMILES string of the molecule is CCC(C)C(NC(=O)C(CO)NC(=O)C(N)CC(C)C)C(=O)NC(C)C(=O)O. The number of carboxylic acid groups (broad SMARTS) is 1. The van der Waals surface area contributed by atoms with Crippen LogP contribution in [0.4, 0.5) is 0 Å². The molecule has 0 aliphatic rings. The summed E-state index contributed by atoms with van der Waals surface area (Å²) in [6.07, 6.45) is 0.950. The summed E-state index contributed by atoms with van der Waals surface area (Å²) in [6, 6.07) is -4.25. The third-order valence-electron chi connectivity index (χ3n) is 4.40. The van der Waals surface area contributed by atoms with E-state index in [2.05, 4.69) is 16.0 Å². The largest absolute Gasteiger partial charge is 0.480 e. The summed E-state index contributed by atoms with van der Waals surface area (Å²) in [5.41, 5.74) is 5.78. The van der Waals surface area contributed by atoms with Gasteiger partial charge in [-0.15, -0.1) is 0 Å². The molecule has 0 heterocycles. The fourth-order valence-corrected chi connectivity index (χ4v) is 2.41. The summed E-state index contributed by atoms with van der Waals surface area (Å²) in [4.78, 5) is 47.9. The number of nitrogens with one attached hydrogen (secondary N) is 3. The van der Waals surface area contributed by atoms with Crippen LogP contribution in [0.1, 0.15) is 47.5 Å². The van der Waals surface area contributed by atoms with E-state index in [4.69, 9.17) is 10.8 Å². The lowest BCUT2D eigenvalue weighted by Crippen LogP contribution is -2.59. The molecule has 0 aromatic carbocycles. The van der Waals surface area contributed by atoms with Crippen molar-refractivity contribution in [3.8, 4) is 0 Å². The zero-order valence-corrected chi connectivity index (χ0v) is 17.2. The Labute approximate surface area is 165 Å². The van der Waals surface area contributed by atoms with E-state index in [-0.39, 0.29) is 11.8 Å². The molecule has 7 N–H and O–H groups in total. The van der Waals surface area contributed by atoms with E-state index in [9.17, 15) is 24.3 Å². The van der Waals surface area contributed by atoms with Crippen molar-refractivity contribution >= 4 is 23.7 Å². The molecule has 0 aromatic heterocycles. The lowest BCUT2D eigenvalue weighted by Gasteiger charge is -2.27. The molecular formula is C18H34N4O6. The first-order chi connectivity index (χ1) is 12.9. The number of hydrogen-bond acceptors (Lipinski definition) is 6. The Morgan fingerprint density at radius 3 is 1.93 bits per heavy atom. The molecule has 0 radical (unpaired) electrons. The molecule has 0 saturated heterocycles. The van der Waals surface area contributed by atoms with E-state index >= 15 is 0 Å². The molecule has 0 aliphatic carbocycles. The Morgan fingerprint density at radius 1 is 0.929 bits per heavy atom. The molecule has 5 unspecified atom stereocenters. The van der Waals surface area contributed by atoms with Gasteiger partial charge in [0.15, 0.2) is 0 Å². The van der Waals surface area contributed by atoms with E-state index < -0.39 is 54.5 Å². The predicted molar refractivity (Wildman–Crippen MR) is 103 cm³/mol. The molecular weight excluding hydrogens is 368 g/mol. The molecule has 0 bridgehead atoms. The van der Waals surface area contributed by atoms with Crippen LogP contribution in [0.25, 0.3) is 0 Å². The zero-order valence-electron chi connectivity index (χ0n) is 17.2. The minimum atomic E-state index is -1.28. The van der Waals surface area contributed by atoms with Crippen molar-refractivity contribution in [1.29, 1.82) is 0 Å². The monoisotopic (exact) mass is 402 g/mol. The standard InChI is InChI=1S/C18H34N4O6/c1-6-10(4)14(17(26)20-11(5)18(27)28)22-16(25)13(8-23)21-15(24)12(19)7-9(2)3/h9-14,23H,6-8,19H2,1-5H3,(H,20,26)(H,21,24)(H,22,25)(H,27,28). The van der Waals surface area contributed by atoms with Crippen LogP contribution in [0.3, 0.4) is 0 Å². The molecule has 5 atom stereocenters. The van der Waals surface area contributed by atoms with E-state index in [1.54, 1.807) is 6.92 Å². The third-order valence-corrected chi connectivity index (χ3v) is 4.40. The van der Waals surface area contributed by atoms with Gasteiger partial charge >= 0.3 is 5.97 Å². The van der Waals surface area contributed by atoms with Crippen LogP contribution in [0.5, 0.6) is 0 Å². The first-order valence-corrected chi connectivity index (χ1v) is 9.44. The van der Waals surface area contributed by atoms with Gasteiger partial charge in [-0.25, -0.2) is 0 Å². The number of hydrogen-bond donors (Lipinski definition) is 6. The summed E-state index contributed by atoms with van der Waals surface area (Å²) in [7, 11) is 0. The molecule has 10 nitrogen and oxygen atoms in total. The number of aliphatic carboxylic acids is 1. The molecule has 0 aliphatic heterocycles. The van der Waals surface area contributed by atoms with Crippen molar-refractivity contribution in [1.82, 2.24) is 16.0 Å². The minimum Gasteiger partial charge on any atom is -0.480 e. The summed E-state index contributed by atoms with van der Waals surface area (Å²) in [5.74, 6) is -3.32. The summed E-state index contributed by atoms with van der Waals surface area (Å²) >= 11 is 0. The molecule has 0 saturated carbocycles. The highest BCUT2D eigenvalue weighted by molar-refractivity contribution is 5.94. The molecule has 10 heteroatoms. The molecule has 3 amide bonds. The maximum Gasteiger partial charge on any atom is 0.325 e. The molecule has 0 aromatic rings. The normalized spacial score (nSPS) is 16.4. The molecule has 0 spiro atoms. The van der Waals surface area contributed by atoms with Gasteiger partial charge in [-0.2, -0.15) is 0 Å². The average Bonchev–Trinajstić information content (AvgIpc) is 2.61. The van der Waals surface area contributed by atoms with Gasteiger partial charge in [0.25, 0.3) is 0 Å². The van der Waals surface area contributed by atoms with E-state index in [0.29, 0.717) is 12.8 Å². The number of carbonyl (C=O) groups is 4. The van der Waals surface area contributed by atoms with Gasteiger partial charge in [0.05, 0.1) is 12.6 Å². The van der Waals surface area contributed by atoms with E-state index in [1.165, 1.54) is 6.92 Å². The van der Waals surface area contributed by atoms with Crippen molar-refractivity contribution in [3.63, 3.8) is 0 Å². The van der Waals surface area contributed by atoms with Crippen LogP contribution >= 0.6 is 0 Å². The van der Waals surface area contributed by atoms with Crippen LogP contribution < -0.4 is 21.7 Å². The number of carbonyl (C=O) groups excluding carboxylic acids is 3. The van der Waals surface area contributed by atoms with Crippen LogP contribution in [0.15, 0.2) is 0 Å². The number of aliphatic hydroxyl groups excluding tert-OH is 1. The molecule has 0 fully saturated rings. The highest BCUT2D eigenvalue weighted by atomic mass is 16.4. The number of aliphatic hydroxyl groups is 1. The van der Waals surface area contributed by atoms with Crippen LogP contribution in [0, 0.1) is 11.8 Å². The highest BCUT2D eigenvalue weighted by Crippen LogP contribution is 2.09. The summed E-state index contributed by atoms with van der Waals surface area (Å²) in [6.45, 7) is 7.97. The van der Waals surface area contributed by atoms with Crippen molar-refractivity contribution < 1.29 is 29.4 Å². The predicted octanol–water partition coefficient (Wildman–Crippen LogP) is -1.04. The van der Waals surface area contributed by atoms with Gasteiger partial charge in [0.1, 0.15) is 18.1 Å². The minimum absolute atomic E-state index is 0.178. The molecule has 28 heavy (non-hydrogen) atoms. The Hall–Kier alpha value is -2.20. The summed E-state index contributed by atoms with van der Waals surface area (Å²) in [5, 5.41) is 25.6. The van der Waals surface area contributed by atoms with Crippen molar-refractivity contribution in [3.05, 3.63) is 0 Å². The Balaban J connectivity index is 5.13. The maximum absolute atomic E-state index is 12.5. The lowest BCUT2D eigenvalue weighted by molar-refractivity contribution is -0.142. The van der Waals surface area contributed by atoms with E-state index in [0.717, 1.165) is 0 Å². The first kappa shape index (κ1) is 25.8. The number of amides is 3. The second-order valence-corrected chi connectivity index (χ2v) is 7.42. The Bertz CT molecular complexity index is 554. The van der Waals surface area contributed by atoms with Gasteiger partial charge in [0, 0.05) is 0 Å². The fraction of sp³-hybridized carbons (Fsp3) is 0.778. The second-order valence-electron chi connectivity index (χ2n) is 7.42. The smallest absolute Gasteiger partial charge is 0.325 e. The quantitative estimate of drug-likeness (QED) is 0.242. The van der Waals surface area contributed by atoms with Crippen LogP contribution in [-0.4, -0.2) is 64.7 Å². The molecule has 162 valence electrons. The van der Waals surface area contributed by atoms with Gasteiger partial charge in [-0.3, -0.25) is 19.2 Å². The van der Waals surface area contributed by atoms with Gasteiger partial charge in [0.2, 0.25) is 17.7 Å². The third kappa shape index (κ3) is 8.66.